The van der Waals surface area contributed by atoms with Crippen LogP contribution in [0.4, 0.5) is 0 Å². The molecular weight excluding hydrogens is 314 g/mol. The Kier molecular flexibility index (Phi) is 11.3. The first-order chi connectivity index (χ1) is 10.4. The molecule has 1 rings (SSSR count). The van der Waals surface area contributed by atoms with E-state index in [9.17, 15) is 9.59 Å². The fraction of sp³-hybridized carbons (Fsp3) is 0.882. The molecule has 0 spiro atoms. The normalized spacial score (nSPS) is 16.1. The predicted octanol–water partition coefficient (Wildman–Crippen LogP) is 2.39. The third kappa shape index (κ3) is 10.6. The molecule has 0 saturated heterocycles. The van der Waals surface area contributed by atoms with Gasteiger partial charge in [0.25, 0.3) is 0 Å². The Bertz CT molecular complexity index is 348. The molecule has 0 aromatic heterocycles. The molecule has 0 heterocycles. The van der Waals surface area contributed by atoms with Gasteiger partial charge in [0.15, 0.2) is 0 Å². The number of carbonyl (C=O) groups is 2. The average Bonchev–Trinajstić information content (AvgIpc) is 2.71. The van der Waals surface area contributed by atoms with Gasteiger partial charge in [-0.1, -0.05) is 46.5 Å². The largest absolute Gasteiger partial charge is 0.355 e. The Morgan fingerprint density at radius 3 is 2.09 bits per heavy atom. The summed E-state index contributed by atoms with van der Waals surface area (Å²) < 4.78 is 0. The number of carbonyl (C=O) groups excluding carboxylic acids is 2. The maximum Gasteiger partial charge on any atom is 0.225 e. The van der Waals surface area contributed by atoms with Crippen molar-refractivity contribution in [2.75, 3.05) is 19.6 Å². The zero-order valence-corrected chi connectivity index (χ0v) is 15.7. The van der Waals surface area contributed by atoms with E-state index in [4.69, 9.17) is 0 Å². The second kappa shape index (κ2) is 11.7. The number of hydrogen-bond donors (Lipinski definition) is 3. The standard InChI is InChI=1S/C17H33N3O2.ClH/c1-17(2,3)16(22)20-11-10-15(21)19-13-12-18-14-8-6-4-5-7-9-14;/h14,18H,4-13H2,1-3H3,(H,19,21)(H,20,22);1H. The van der Waals surface area contributed by atoms with E-state index in [2.05, 4.69) is 16.0 Å². The van der Waals surface area contributed by atoms with Crippen LogP contribution in [0.3, 0.4) is 0 Å². The summed E-state index contributed by atoms with van der Waals surface area (Å²) in [5.74, 6) is -0.0211. The lowest BCUT2D eigenvalue weighted by Crippen LogP contribution is -2.39. The van der Waals surface area contributed by atoms with Crippen LogP contribution in [0.2, 0.25) is 0 Å². The predicted molar refractivity (Wildman–Crippen MR) is 96.8 cm³/mol. The van der Waals surface area contributed by atoms with Crippen molar-refractivity contribution in [1.82, 2.24) is 16.0 Å². The van der Waals surface area contributed by atoms with Gasteiger partial charge in [-0.05, 0) is 12.8 Å². The molecule has 1 fully saturated rings. The first kappa shape index (κ1) is 22.2. The van der Waals surface area contributed by atoms with Gasteiger partial charge in [-0.3, -0.25) is 9.59 Å². The minimum atomic E-state index is -0.404. The maximum absolute atomic E-state index is 11.7. The van der Waals surface area contributed by atoms with Crippen molar-refractivity contribution in [1.29, 1.82) is 0 Å². The monoisotopic (exact) mass is 347 g/mol. The summed E-state index contributed by atoms with van der Waals surface area (Å²) in [6.07, 6.45) is 8.20. The van der Waals surface area contributed by atoms with Crippen LogP contribution < -0.4 is 16.0 Å². The van der Waals surface area contributed by atoms with Crippen molar-refractivity contribution >= 4 is 24.2 Å². The number of nitrogens with one attached hydrogen (secondary N) is 3. The molecule has 0 radical (unpaired) electrons. The van der Waals surface area contributed by atoms with E-state index >= 15 is 0 Å². The molecule has 3 N–H and O–H groups in total. The molecule has 136 valence electrons. The molecule has 23 heavy (non-hydrogen) atoms. The highest BCUT2D eigenvalue weighted by Crippen LogP contribution is 2.16. The van der Waals surface area contributed by atoms with Crippen molar-refractivity contribution in [2.24, 2.45) is 5.41 Å². The molecule has 0 unspecified atom stereocenters. The number of rotatable bonds is 7. The summed E-state index contributed by atoms with van der Waals surface area (Å²) >= 11 is 0. The molecule has 0 bridgehead atoms. The molecule has 1 aliphatic carbocycles. The molecule has 1 aliphatic rings. The van der Waals surface area contributed by atoms with Gasteiger partial charge in [-0.25, -0.2) is 0 Å². The van der Waals surface area contributed by atoms with E-state index in [1.807, 2.05) is 20.8 Å². The van der Waals surface area contributed by atoms with Crippen LogP contribution in [0, 0.1) is 5.41 Å². The first-order valence-electron chi connectivity index (χ1n) is 8.68. The fourth-order valence-electron chi connectivity index (χ4n) is 2.60. The summed E-state index contributed by atoms with van der Waals surface area (Å²) in [5.41, 5.74) is -0.404. The van der Waals surface area contributed by atoms with Gasteiger partial charge in [0.05, 0.1) is 0 Å². The highest BCUT2D eigenvalue weighted by molar-refractivity contribution is 5.85. The second-order valence-electron chi connectivity index (χ2n) is 7.25. The van der Waals surface area contributed by atoms with Crippen LogP contribution in [0.15, 0.2) is 0 Å². The maximum atomic E-state index is 11.7. The average molecular weight is 348 g/mol. The quantitative estimate of drug-likeness (QED) is 0.489. The third-order valence-electron chi connectivity index (χ3n) is 4.05. The van der Waals surface area contributed by atoms with E-state index in [-0.39, 0.29) is 24.2 Å². The van der Waals surface area contributed by atoms with E-state index in [0.29, 0.717) is 25.6 Å². The van der Waals surface area contributed by atoms with Crippen LogP contribution >= 0.6 is 12.4 Å². The van der Waals surface area contributed by atoms with Crippen LogP contribution in [0.5, 0.6) is 0 Å². The Balaban J connectivity index is 0.00000484. The van der Waals surface area contributed by atoms with Crippen molar-refractivity contribution < 1.29 is 9.59 Å². The van der Waals surface area contributed by atoms with E-state index < -0.39 is 5.41 Å². The lowest BCUT2D eigenvalue weighted by Gasteiger charge is -2.18. The van der Waals surface area contributed by atoms with Gasteiger partial charge in [-0.2, -0.15) is 0 Å². The zero-order chi connectivity index (χ0) is 16.4. The van der Waals surface area contributed by atoms with Gasteiger partial charge >= 0.3 is 0 Å². The number of hydrogen-bond acceptors (Lipinski definition) is 3. The number of halogens is 1. The van der Waals surface area contributed by atoms with Crippen molar-refractivity contribution in [2.45, 2.75) is 71.8 Å². The molecular formula is C17H34ClN3O2. The smallest absolute Gasteiger partial charge is 0.225 e. The summed E-state index contributed by atoms with van der Waals surface area (Å²) in [7, 11) is 0. The molecule has 0 aromatic carbocycles. The molecule has 1 saturated carbocycles. The van der Waals surface area contributed by atoms with Gasteiger partial charge in [0.1, 0.15) is 0 Å². The first-order valence-corrected chi connectivity index (χ1v) is 8.68. The topological polar surface area (TPSA) is 70.2 Å². The van der Waals surface area contributed by atoms with Gasteiger partial charge in [-0.15, -0.1) is 12.4 Å². The van der Waals surface area contributed by atoms with Gasteiger partial charge in [0, 0.05) is 37.5 Å². The molecule has 0 atom stereocenters. The SMILES string of the molecule is CC(C)(C)C(=O)NCCC(=O)NCCNC1CCCCCC1.Cl. The van der Waals surface area contributed by atoms with Gasteiger partial charge < -0.3 is 16.0 Å². The lowest BCUT2D eigenvalue weighted by atomic mass is 9.96. The summed E-state index contributed by atoms with van der Waals surface area (Å²) in [5, 5.41) is 9.21. The fourth-order valence-corrected chi connectivity index (χ4v) is 2.60. The van der Waals surface area contributed by atoms with Crippen molar-refractivity contribution in [3.8, 4) is 0 Å². The Morgan fingerprint density at radius 2 is 1.52 bits per heavy atom. The van der Waals surface area contributed by atoms with Crippen molar-refractivity contribution in [3.05, 3.63) is 0 Å². The highest BCUT2D eigenvalue weighted by atomic mass is 35.5. The lowest BCUT2D eigenvalue weighted by molar-refractivity contribution is -0.128. The Hall–Kier alpha value is -0.810. The summed E-state index contributed by atoms with van der Waals surface area (Å²) in [4.78, 5) is 23.3. The Labute approximate surface area is 147 Å². The van der Waals surface area contributed by atoms with E-state index in [1.54, 1.807) is 0 Å². The minimum Gasteiger partial charge on any atom is -0.355 e. The minimum absolute atomic E-state index is 0. The molecule has 5 nitrogen and oxygen atoms in total. The summed E-state index contributed by atoms with van der Waals surface area (Å²) in [6.45, 7) is 7.47. The van der Waals surface area contributed by atoms with Crippen LogP contribution in [-0.2, 0) is 9.59 Å². The van der Waals surface area contributed by atoms with Crippen LogP contribution in [0.1, 0.15) is 65.7 Å². The van der Waals surface area contributed by atoms with Crippen molar-refractivity contribution in [3.63, 3.8) is 0 Å². The molecule has 0 aromatic rings. The van der Waals surface area contributed by atoms with E-state index in [1.165, 1.54) is 38.5 Å². The second-order valence-corrected chi connectivity index (χ2v) is 7.25. The summed E-state index contributed by atoms with van der Waals surface area (Å²) in [6, 6.07) is 0.616. The molecule has 6 heteroatoms. The zero-order valence-electron chi connectivity index (χ0n) is 14.9. The highest BCUT2D eigenvalue weighted by Gasteiger charge is 2.20. The Morgan fingerprint density at radius 1 is 0.913 bits per heavy atom. The third-order valence-corrected chi connectivity index (χ3v) is 4.05. The van der Waals surface area contributed by atoms with E-state index in [0.717, 1.165) is 6.54 Å². The van der Waals surface area contributed by atoms with Crippen LogP contribution in [0.25, 0.3) is 0 Å². The van der Waals surface area contributed by atoms with Gasteiger partial charge in [0.2, 0.25) is 11.8 Å². The number of amides is 2. The van der Waals surface area contributed by atoms with Crippen LogP contribution in [-0.4, -0.2) is 37.5 Å². The molecule has 2 amide bonds. The molecule has 0 aliphatic heterocycles.